The number of carbonyl (C=O) groups is 1. The first-order valence-electron chi connectivity index (χ1n) is 9.50. The van der Waals surface area contributed by atoms with Gasteiger partial charge in [-0.2, -0.15) is 0 Å². The number of hydrogen-bond donors (Lipinski definition) is 0. The number of benzene rings is 2. The lowest BCUT2D eigenvalue weighted by molar-refractivity contribution is -0.384. The highest BCUT2D eigenvalue weighted by Crippen LogP contribution is 2.34. The molecule has 0 bridgehead atoms. The summed E-state index contributed by atoms with van der Waals surface area (Å²) < 4.78 is 11.2. The van der Waals surface area contributed by atoms with E-state index >= 15 is 0 Å². The van der Waals surface area contributed by atoms with E-state index in [9.17, 15) is 14.9 Å². The Morgan fingerprint density at radius 3 is 2.32 bits per heavy atom. The number of nitro benzene ring substituents is 1. The van der Waals surface area contributed by atoms with Crippen LogP contribution in [0.25, 0.3) is 0 Å². The van der Waals surface area contributed by atoms with Gasteiger partial charge in [-0.3, -0.25) is 14.9 Å². The van der Waals surface area contributed by atoms with Crippen LogP contribution >= 0.6 is 0 Å². The molecule has 0 amide bonds. The zero-order chi connectivity index (χ0) is 19.5. The maximum absolute atomic E-state index is 12.6. The van der Waals surface area contributed by atoms with Gasteiger partial charge in [-0.1, -0.05) is 30.3 Å². The topological polar surface area (TPSA) is 81.9 Å². The Kier molecular flexibility index (Phi) is 5.36. The van der Waals surface area contributed by atoms with Crippen molar-refractivity contribution >= 4 is 17.2 Å². The van der Waals surface area contributed by atoms with E-state index in [1.165, 1.54) is 6.07 Å². The quantitative estimate of drug-likeness (QED) is 0.448. The fourth-order valence-electron chi connectivity index (χ4n) is 3.90. The summed E-state index contributed by atoms with van der Waals surface area (Å²) in [7, 11) is 0. The zero-order valence-corrected chi connectivity index (χ0v) is 15.5. The molecule has 2 fully saturated rings. The zero-order valence-electron chi connectivity index (χ0n) is 15.5. The summed E-state index contributed by atoms with van der Waals surface area (Å²) in [5.41, 5.74) is 1.36. The Labute approximate surface area is 163 Å². The highest BCUT2D eigenvalue weighted by Gasteiger charge is 2.32. The minimum absolute atomic E-state index is 0.0337. The van der Waals surface area contributed by atoms with Crippen molar-refractivity contribution in [3.8, 4) is 0 Å². The molecule has 0 aliphatic carbocycles. The molecule has 146 valence electrons. The van der Waals surface area contributed by atoms with Gasteiger partial charge in [-0.05, 0) is 25.0 Å². The van der Waals surface area contributed by atoms with Crippen molar-refractivity contribution in [2.24, 2.45) is 5.92 Å². The molecule has 0 saturated carbocycles. The van der Waals surface area contributed by atoms with Gasteiger partial charge in [-0.25, -0.2) is 0 Å². The van der Waals surface area contributed by atoms with E-state index < -0.39 is 4.92 Å². The standard InChI is InChI=1S/C21H22N2O5/c24-20(15-4-2-1-3-5-15)17-6-7-18(19(14-17)23(25)26)22-10-8-16(9-11-22)21-27-12-13-28-21/h1-7,14,16,21H,8-13H2. The summed E-state index contributed by atoms with van der Waals surface area (Å²) in [6.07, 6.45) is 1.56. The maximum Gasteiger partial charge on any atom is 0.293 e. The van der Waals surface area contributed by atoms with E-state index in [4.69, 9.17) is 9.47 Å². The van der Waals surface area contributed by atoms with Crippen molar-refractivity contribution in [2.45, 2.75) is 19.1 Å². The Balaban J connectivity index is 1.53. The molecule has 28 heavy (non-hydrogen) atoms. The summed E-state index contributed by atoms with van der Waals surface area (Å²) in [4.78, 5) is 25.9. The Morgan fingerprint density at radius 2 is 1.68 bits per heavy atom. The minimum atomic E-state index is -0.410. The molecular formula is C21H22N2O5. The second-order valence-corrected chi connectivity index (χ2v) is 7.09. The van der Waals surface area contributed by atoms with Crippen molar-refractivity contribution in [1.29, 1.82) is 0 Å². The van der Waals surface area contributed by atoms with Crippen molar-refractivity contribution in [3.63, 3.8) is 0 Å². The summed E-state index contributed by atoms with van der Waals surface area (Å²) in [5.74, 6) is 0.0984. The van der Waals surface area contributed by atoms with Crippen LogP contribution < -0.4 is 4.90 Å². The van der Waals surface area contributed by atoms with Crippen LogP contribution in [0, 0.1) is 16.0 Å². The van der Waals surface area contributed by atoms with E-state index in [2.05, 4.69) is 0 Å². The van der Waals surface area contributed by atoms with Gasteiger partial charge in [0.2, 0.25) is 0 Å². The van der Waals surface area contributed by atoms with Crippen molar-refractivity contribution in [3.05, 3.63) is 69.8 Å². The van der Waals surface area contributed by atoms with Crippen LogP contribution in [0.3, 0.4) is 0 Å². The largest absolute Gasteiger partial charge is 0.366 e. The average molecular weight is 382 g/mol. The Hall–Kier alpha value is -2.77. The molecule has 4 rings (SSSR count). The first kappa shape index (κ1) is 18.6. The molecule has 2 aromatic rings. The number of anilines is 1. The second-order valence-electron chi connectivity index (χ2n) is 7.09. The van der Waals surface area contributed by atoms with Crippen molar-refractivity contribution in [2.75, 3.05) is 31.2 Å². The monoisotopic (exact) mass is 382 g/mol. The highest BCUT2D eigenvalue weighted by atomic mass is 16.7. The van der Waals surface area contributed by atoms with E-state index in [0.29, 0.717) is 49.0 Å². The lowest BCUT2D eigenvalue weighted by Crippen LogP contribution is -2.38. The molecule has 0 aromatic heterocycles. The van der Waals surface area contributed by atoms with Crippen LogP contribution in [0.4, 0.5) is 11.4 Å². The molecule has 0 unspecified atom stereocenters. The van der Waals surface area contributed by atoms with Gasteiger partial charge in [0.25, 0.3) is 5.69 Å². The molecule has 0 radical (unpaired) electrons. The third kappa shape index (κ3) is 3.76. The molecule has 0 spiro atoms. The van der Waals surface area contributed by atoms with Gasteiger partial charge in [0.05, 0.1) is 18.1 Å². The van der Waals surface area contributed by atoms with Crippen molar-refractivity contribution in [1.82, 2.24) is 0 Å². The number of nitrogens with zero attached hydrogens (tertiary/aromatic N) is 2. The number of nitro groups is 1. The van der Waals surface area contributed by atoms with E-state index in [-0.39, 0.29) is 17.8 Å². The number of carbonyl (C=O) groups excluding carboxylic acids is 1. The predicted octanol–water partition coefficient (Wildman–Crippen LogP) is 3.42. The summed E-state index contributed by atoms with van der Waals surface area (Å²) in [6.45, 7) is 2.65. The van der Waals surface area contributed by atoms with Crippen LogP contribution in [0.15, 0.2) is 48.5 Å². The number of ketones is 1. The third-order valence-electron chi connectivity index (χ3n) is 5.38. The van der Waals surface area contributed by atoms with Crippen LogP contribution in [0.1, 0.15) is 28.8 Å². The maximum atomic E-state index is 12.6. The molecule has 7 nitrogen and oxygen atoms in total. The van der Waals surface area contributed by atoms with Crippen molar-refractivity contribution < 1.29 is 19.2 Å². The molecule has 0 N–H and O–H groups in total. The first-order valence-corrected chi connectivity index (χ1v) is 9.50. The molecule has 0 atom stereocenters. The molecular weight excluding hydrogens is 360 g/mol. The van der Waals surface area contributed by atoms with Crippen LogP contribution in [0.2, 0.25) is 0 Å². The molecule has 2 saturated heterocycles. The van der Waals surface area contributed by atoms with Gasteiger partial charge in [-0.15, -0.1) is 0 Å². The van der Waals surface area contributed by atoms with Gasteiger partial charge >= 0.3 is 0 Å². The van der Waals surface area contributed by atoms with E-state index in [1.807, 2.05) is 11.0 Å². The Morgan fingerprint density at radius 1 is 1.00 bits per heavy atom. The summed E-state index contributed by atoms with van der Waals surface area (Å²) >= 11 is 0. The molecule has 2 heterocycles. The first-order chi connectivity index (χ1) is 13.6. The molecule has 2 aliphatic rings. The van der Waals surface area contributed by atoms with E-state index in [1.54, 1.807) is 36.4 Å². The SMILES string of the molecule is O=C(c1ccccc1)c1ccc(N2CCC(C3OCCO3)CC2)c([N+](=O)[O-])c1. The van der Waals surface area contributed by atoms with Gasteiger partial charge in [0.1, 0.15) is 5.69 Å². The average Bonchev–Trinajstić information content (AvgIpc) is 3.28. The van der Waals surface area contributed by atoms with Gasteiger partial charge in [0.15, 0.2) is 12.1 Å². The Bertz CT molecular complexity index is 856. The number of ether oxygens (including phenoxy) is 2. The van der Waals surface area contributed by atoms with E-state index in [0.717, 1.165) is 12.8 Å². The normalized spacial score (nSPS) is 18.4. The number of hydrogen-bond acceptors (Lipinski definition) is 6. The fraction of sp³-hybridized carbons (Fsp3) is 0.381. The smallest absolute Gasteiger partial charge is 0.293 e. The lowest BCUT2D eigenvalue weighted by Gasteiger charge is -2.35. The third-order valence-corrected chi connectivity index (χ3v) is 5.38. The summed E-state index contributed by atoms with van der Waals surface area (Å²) in [5, 5.41) is 11.7. The molecule has 2 aliphatic heterocycles. The lowest BCUT2D eigenvalue weighted by atomic mass is 9.95. The minimum Gasteiger partial charge on any atom is -0.366 e. The van der Waals surface area contributed by atoms with Gasteiger partial charge < -0.3 is 14.4 Å². The van der Waals surface area contributed by atoms with Crippen LogP contribution in [-0.4, -0.2) is 43.3 Å². The highest BCUT2D eigenvalue weighted by molar-refractivity contribution is 6.09. The molecule has 2 aromatic carbocycles. The van der Waals surface area contributed by atoms with Crippen LogP contribution in [-0.2, 0) is 9.47 Å². The summed E-state index contributed by atoms with van der Waals surface area (Å²) in [6, 6.07) is 13.5. The predicted molar refractivity (Wildman–Crippen MR) is 104 cm³/mol. The van der Waals surface area contributed by atoms with Crippen LogP contribution in [0.5, 0.6) is 0 Å². The van der Waals surface area contributed by atoms with Gasteiger partial charge in [0, 0.05) is 36.2 Å². The number of piperidine rings is 1. The number of rotatable bonds is 5. The molecule has 7 heteroatoms. The second kappa shape index (κ2) is 8.08. The fourth-order valence-corrected chi connectivity index (χ4v) is 3.90.